The van der Waals surface area contributed by atoms with E-state index < -0.39 is 0 Å². The van der Waals surface area contributed by atoms with Crippen LogP contribution in [-0.4, -0.2) is 18.6 Å². The molecule has 0 unspecified atom stereocenters. The molecule has 5 heteroatoms. The summed E-state index contributed by atoms with van der Waals surface area (Å²) in [5, 5.41) is 4.24. The number of anilines is 1. The summed E-state index contributed by atoms with van der Waals surface area (Å²) in [6.45, 7) is 3.08. The summed E-state index contributed by atoms with van der Waals surface area (Å²) < 4.78 is 6.42. The molecule has 0 radical (unpaired) electrons. The zero-order chi connectivity index (χ0) is 13.0. The molecule has 0 aliphatic carbocycles. The summed E-state index contributed by atoms with van der Waals surface area (Å²) in [5.74, 6) is 0.865. The molecule has 0 aliphatic heterocycles. The minimum atomic E-state index is 0.865. The SMILES string of the molecule is CCCNc1ncc(-c2cc(Br)ccc2OC)s1. The van der Waals surface area contributed by atoms with Gasteiger partial charge in [0.2, 0.25) is 0 Å². The van der Waals surface area contributed by atoms with Gasteiger partial charge in [-0.25, -0.2) is 4.98 Å². The minimum Gasteiger partial charge on any atom is -0.496 e. The Morgan fingerprint density at radius 1 is 1.44 bits per heavy atom. The molecule has 0 saturated heterocycles. The summed E-state index contributed by atoms with van der Waals surface area (Å²) in [5.41, 5.74) is 1.06. The summed E-state index contributed by atoms with van der Waals surface area (Å²) in [6, 6.07) is 5.98. The van der Waals surface area contributed by atoms with E-state index in [1.165, 1.54) is 0 Å². The lowest BCUT2D eigenvalue weighted by atomic mass is 10.2. The van der Waals surface area contributed by atoms with Gasteiger partial charge in [0, 0.05) is 22.8 Å². The molecular weight excluding hydrogens is 312 g/mol. The first kappa shape index (κ1) is 13.4. The number of hydrogen-bond acceptors (Lipinski definition) is 4. The lowest BCUT2D eigenvalue weighted by Gasteiger charge is -2.06. The Kier molecular flexibility index (Phi) is 4.60. The third-order valence-electron chi connectivity index (χ3n) is 2.46. The number of halogens is 1. The van der Waals surface area contributed by atoms with E-state index in [4.69, 9.17) is 4.74 Å². The molecule has 2 aromatic rings. The number of methoxy groups -OCH3 is 1. The van der Waals surface area contributed by atoms with Gasteiger partial charge in [-0.1, -0.05) is 34.2 Å². The van der Waals surface area contributed by atoms with E-state index in [1.807, 2.05) is 18.3 Å². The van der Waals surface area contributed by atoms with Crippen molar-refractivity contribution in [1.29, 1.82) is 0 Å². The highest BCUT2D eigenvalue weighted by atomic mass is 79.9. The molecule has 18 heavy (non-hydrogen) atoms. The fraction of sp³-hybridized carbons (Fsp3) is 0.308. The molecule has 0 bridgehead atoms. The van der Waals surface area contributed by atoms with Crippen molar-refractivity contribution in [2.75, 3.05) is 19.0 Å². The summed E-state index contributed by atoms with van der Waals surface area (Å²) in [7, 11) is 1.68. The highest BCUT2D eigenvalue weighted by Gasteiger charge is 2.10. The Morgan fingerprint density at radius 3 is 3.00 bits per heavy atom. The number of hydrogen-bond donors (Lipinski definition) is 1. The largest absolute Gasteiger partial charge is 0.496 e. The van der Waals surface area contributed by atoms with Crippen molar-refractivity contribution in [3.8, 4) is 16.2 Å². The standard InChI is InChI=1S/C13H15BrN2OS/c1-3-6-15-13-16-8-12(18-13)10-7-9(14)4-5-11(10)17-2/h4-5,7-8H,3,6H2,1-2H3,(H,15,16). The van der Waals surface area contributed by atoms with Gasteiger partial charge in [0.05, 0.1) is 12.0 Å². The van der Waals surface area contributed by atoms with Gasteiger partial charge in [0.1, 0.15) is 5.75 Å². The number of rotatable bonds is 5. The molecule has 0 atom stereocenters. The van der Waals surface area contributed by atoms with Crippen molar-refractivity contribution >= 4 is 32.4 Å². The number of aromatic nitrogens is 1. The number of thiazole rings is 1. The molecule has 1 aromatic heterocycles. The van der Waals surface area contributed by atoms with E-state index in [1.54, 1.807) is 18.4 Å². The second-order valence-electron chi connectivity index (χ2n) is 3.80. The Hall–Kier alpha value is -1.07. The van der Waals surface area contributed by atoms with Crippen LogP contribution in [0.25, 0.3) is 10.4 Å². The minimum absolute atomic E-state index is 0.865. The smallest absolute Gasteiger partial charge is 0.183 e. The Balaban J connectivity index is 2.30. The monoisotopic (exact) mass is 326 g/mol. The second-order valence-corrected chi connectivity index (χ2v) is 5.75. The zero-order valence-electron chi connectivity index (χ0n) is 10.4. The maximum Gasteiger partial charge on any atom is 0.183 e. The first-order valence-electron chi connectivity index (χ1n) is 5.78. The number of benzene rings is 1. The first-order chi connectivity index (χ1) is 8.74. The van der Waals surface area contributed by atoms with Crippen molar-refractivity contribution in [3.63, 3.8) is 0 Å². The number of ether oxygens (including phenoxy) is 1. The van der Waals surface area contributed by atoms with Crippen LogP contribution in [0.15, 0.2) is 28.9 Å². The Labute approximate surface area is 119 Å². The molecule has 0 fully saturated rings. The van der Waals surface area contributed by atoms with Crippen molar-refractivity contribution in [2.45, 2.75) is 13.3 Å². The average molecular weight is 327 g/mol. The van der Waals surface area contributed by atoms with Gasteiger partial charge >= 0.3 is 0 Å². The lowest BCUT2D eigenvalue weighted by Crippen LogP contribution is -1.97. The maximum absolute atomic E-state index is 5.38. The zero-order valence-corrected chi connectivity index (χ0v) is 12.8. The summed E-state index contributed by atoms with van der Waals surface area (Å²) >= 11 is 5.13. The van der Waals surface area contributed by atoms with Crippen molar-refractivity contribution in [2.24, 2.45) is 0 Å². The van der Waals surface area contributed by atoms with E-state index in [2.05, 4.69) is 39.2 Å². The van der Waals surface area contributed by atoms with Crippen LogP contribution in [0.3, 0.4) is 0 Å². The van der Waals surface area contributed by atoms with E-state index in [9.17, 15) is 0 Å². The predicted molar refractivity (Wildman–Crippen MR) is 80.6 cm³/mol. The van der Waals surface area contributed by atoms with E-state index >= 15 is 0 Å². The molecule has 1 heterocycles. The molecule has 1 N–H and O–H groups in total. The van der Waals surface area contributed by atoms with Crippen molar-refractivity contribution in [1.82, 2.24) is 4.98 Å². The molecule has 1 aromatic carbocycles. The third kappa shape index (κ3) is 3.03. The Morgan fingerprint density at radius 2 is 2.28 bits per heavy atom. The lowest BCUT2D eigenvalue weighted by molar-refractivity contribution is 0.416. The van der Waals surface area contributed by atoms with Crippen molar-refractivity contribution in [3.05, 3.63) is 28.9 Å². The highest BCUT2D eigenvalue weighted by molar-refractivity contribution is 9.10. The van der Waals surface area contributed by atoms with Gasteiger partial charge in [-0.05, 0) is 24.6 Å². The molecule has 96 valence electrons. The highest BCUT2D eigenvalue weighted by Crippen LogP contribution is 2.37. The van der Waals surface area contributed by atoms with Gasteiger partial charge in [0.15, 0.2) is 5.13 Å². The molecule has 0 spiro atoms. The molecular formula is C13H15BrN2OS. The van der Waals surface area contributed by atoms with Crippen LogP contribution in [0.5, 0.6) is 5.75 Å². The third-order valence-corrected chi connectivity index (χ3v) is 3.94. The second kappa shape index (κ2) is 6.20. The number of nitrogens with zero attached hydrogens (tertiary/aromatic N) is 1. The molecule has 2 rings (SSSR count). The molecule has 0 amide bonds. The van der Waals surface area contributed by atoms with E-state index in [0.29, 0.717) is 0 Å². The number of nitrogens with one attached hydrogen (secondary N) is 1. The predicted octanol–water partition coefficient (Wildman–Crippen LogP) is 4.40. The van der Waals surface area contributed by atoms with Crippen LogP contribution >= 0.6 is 27.3 Å². The molecule has 3 nitrogen and oxygen atoms in total. The van der Waals surface area contributed by atoms with Crippen LogP contribution in [0.2, 0.25) is 0 Å². The van der Waals surface area contributed by atoms with Crippen LogP contribution in [-0.2, 0) is 0 Å². The van der Waals surface area contributed by atoms with Gasteiger partial charge in [0.25, 0.3) is 0 Å². The van der Waals surface area contributed by atoms with E-state index in [-0.39, 0.29) is 0 Å². The van der Waals surface area contributed by atoms with Crippen LogP contribution in [0.1, 0.15) is 13.3 Å². The molecule has 0 saturated carbocycles. The van der Waals surface area contributed by atoms with Crippen LogP contribution in [0, 0.1) is 0 Å². The van der Waals surface area contributed by atoms with Crippen LogP contribution in [0.4, 0.5) is 5.13 Å². The van der Waals surface area contributed by atoms with Gasteiger partial charge < -0.3 is 10.1 Å². The fourth-order valence-electron chi connectivity index (χ4n) is 1.59. The summed E-state index contributed by atoms with van der Waals surface area (Å²) in [4.78, 5) is 5.48. The maximum atomic E-state index is 5.38. The normalized spacial score (nSPS) is 10.4. The average Bonchev–Trinajstić information content (AvgIpc) is 2.85. The first-order valence-corrected chi connectivity index (χ1v) is 7.39. The van der Waals surface area contributed by atoms with Gasteiger partial charge in [-0.3, -0.25) is 0 Å². The Bertz CT molecular complexity index is 527. The summed E-state index contributed by atoms with van der Waals surface area (Å²) in [6.07, 6.45) is 2.97. The topological polar surface area (TPSA) is 34.2 Å². The van der Waals surface area contributed by atoms with Crippen LogP contribution < -0.4 is 10.1 Å². The quantitative estimate of drug-likeness (QED) is 0.884. The van der Waals surface area contributed by atoms with Crippen molar-refractivity contribution < 1.29 is 4.74 Å². The van der Waals surface area contributed by atoms with E-state index in [0.717, 1.165) is 38.8 Å². The molecule has 0 aliphatic rings. The van der Waals surface area contributed by atoms with Gasteiger partial charge in [-0.2, -0.15) is 0 Å². The van der Waals surface area contributed by atoms with Gasteiger partial charge in [-0.15, -0.1) is 0 Å². The fourth-order valence-corrected chi connectivity index (χ4v) is 2.81.